The summed E-state index contributed by atoms with van der Waals surface area (Å²) in [5.41, 5.74) is 3.66. The second-order valence-corrected chi connectivity index (χ2v) is 10.0. The van der Waals surface area contributed by atoms with Crippen molar-refractivity contribution in [1.82, 2.24) is 0 Å². The molecule has 0 fully saturated rings. The third kappa shape index (κ3) is 5.12. The molecule has 1 heterocycles. The number of hydrogen-bond donors (Lipinski definition) is 0. The number of aliphatic imine (C=N–C) groups is 1. The molecule has 0 N–H and O–H groups in total. The molecule has 3 aromatic carbocycles. The second kappa shape index (κ2) is 10.6. The van der Waals surface area contributed by atoms with Gasteiger partial charge >= 0.3 is 5.97 Å². The van der Waals surface area contributed by atoms with Gasteiger partial charge in [-0.25, -0.2) is 9.79 Å². The fourth-order valence-corrected chi connectivity index (χ4v) is 5.80. The first-order valence-electron chi connectivity index (χ1n) is 11.9. The quantitative estimate of drug-likeness (QED) is 0.190. The van der Waals surface area contributed by atoms with Crippen LogP contribution >= 0.6 is 22.9 Å². The van der Waals surface area contributed by atoms with E-state index in [0.29, 0.717) is 28.8 Å². The van der Waals surface area contributed by atoms with Crippen LogP contribution in [0.25, 0.3) is 10.8 Å². The Labute approximate surface area is 214 Å². The Kier molecular flexibility index (Phi) is 7.16. The van der Waals surface area contributed by atoms with Gasteiger partial charge in [0.2, 0.25) is 0 Å². The van der Waals surface area contributed by atoms with E-state index in [1.165, 1.54) is 4.88 Å². The molecule has 0 atom stereocenters. The lowest BCUT2D eigenvalue weighted by Crippen LogP contribution is -2.09. The molecular formula is C29H26ClNO3S. The number of benzene rings is 3. The summed E-state index contributed by atoms with van der Waals surface area (Å²) in [6, 6.07) is 19.8. The van der Waals surface area contributed by atoms with E-state index in [2.05, 4.69) is 18.2 Å². The van der Waals surface area contributed by atoms with E-state index in [1.54, 1.807) is 11.3 Å². The van der Waals surface area contributed by atoms with Crippen molar-refractivity contribution in [2.45, 2.75) is 39.2 Å². The maximum atomic E-state index is 12.8. The highest BCUT2D eigenvalue weighted by molar-refractivity contribution is 7.16. The van der Waals surface area contributed by atoms with Gasteiger partial charge in [0.15, 0.2) is 0 Å². The topological polar surface area (TPSA) is 47.9 Å². The first-order chi connectivity index (χ1) is 17.1. The molecule has 0 bridgehead atoms. The van der Waals surface area contributed by atoms with Gasteiger partial charge in [0.1, 0.15) is 17.4 Å². The number of esters is 1. The Morgan fingerprint density at radius 2 is 1.86 bits per heavy atom. The van der Waals surface area contributed by atoms with Crippen molar-refractivity contribution >= 4 is 50.9 Å². The van der Waals surface area contributed by atoms with Crippen LogP contribution in [0.2, 0.25) is 5.02 Å². The standard InChI is InChI=1S/C29H26ClNO3S/c1-2-33-29(32)27-23-9-5-6-10-26(23)35-28(27)31-17-24-22-8-4-3-7-20(22)13-16-25(24)34-18-19-11-14-21(30)15-12-19/h3-4,7-8,11-17H,2,5-6,9-10,18H2,1H3. The molecule has 35 heavy (non-hydrogen) atoms. The van der Waals surface area contributed by atoms with Gasteiger partial charge in [-0.2, -0.15) is 0 Å². The SMILES string of the molecule is CCOC(=O)c1c(N=Cc2c(OCc3ccc(Cl)cc3)ccc3ccccc23)sc2c1CCCC2. The Morgan fingerprint density at radius 3 is 2.69 bits per heavy atom. The first-order valence-corrected chi connectivity index (χ1v) is 13.1. The molecule has 1 aromatic heterocycles. The van der Waals surface area contributed by atoms with Crippen LogP contribution in [0, 0.1) is 0 Å². The zero-order valence-corrected chi connectivity index (χ0v) is 21.1. The zero-order chi connectivity index (χ0) is 24.2. The molecule has 0 spiro atoms. The van der Waals surface area contributed by atoms with Crippen molar-refractivity contribution in [1.29, 1.82) is 0 Å². The van der Waals surface area contributed by atoms with Crippen LogP contribution in [0.5, 0.6) is 5.75 Å². The average Bonchev–Trinajstić information content (AvgIpc) is 3.26. The lowest BCUT2D eigenvalue weighted by Gasteiger charge is -2.12. The predicted octanol–water partition coefficient (Wildman–Crippen LogP) is 7.94. The molecule has 1 aliphatic carbocycles. The van der Waals surface area contributed by atoms with Crippen molar-refractivity contribution in [3.8, 4) is 5.75 Å². The number of thiophene rings is 1. The van der Waals surface area contributed by atoms with Crippen molar-refractivity contribution < 1.29 is 14.3 Å². The van der Waals surface area contributed by atoms with Gasteiger partial charge in [-0.15, -0.1) is 11.3 Å². The lowest BCUT2D eigenvalue weighted by molar-refractivity contribution is 0.0526. The Bertz CT molecular complexity index is 1390. The normalized spacial score (nSPS) is 13.2. The van der Waals surface area contributed by atoms with Crippen LogP contribution < -0.4 is 4.74 Å². The molecule has 0 unspecified atom stereocenters. The molecule has 0 saturated carbocycles. The third-order valence-electron chi connectivity index (χ3n) is 6.18. The fourth-order valence-electron chi connectivity index (χ4n) is 4.46. The maximum Gasteiger partial charge on any atom is 0.341 e. The molecule has 4 aromatic rings. The van der Waals surface area contributed by atoms with Gasteiger partial charge in [0, 0.05) is 21.7 Å². The van der Waals surface area contributed by atoms with Crippen LogP contribution in [-0.4, -0.2) is 18.8 Å². The minimum absolute atomic E-state index is 0.281. The molecule has 6 heteroatoms. The minimum atomic E-state index is -0.281. The van der Waals surface area contributed by atoms with Crippen LogP contribution in [0.4, 0.5) is 5.00 Å². The number of ether oxygens (including phenoxy) is 2. The van der Waals surface area contributed by atoms with Gasteiger partial charge in [-0.1, -0.05) is 54.1 Å². The molecular weight excluding hydrogens is 478 g/mol. The number of halogens is 1. The molecule has 0 amide bonds. The van der Waals surface area contributed by atoms with E-state index in [1.807, 2.05) is 55.6 Å². The van der Waals surface area contributed by atoms with E-state index in [9.17, 15) is 4.79 Å². The third-order valence-corrected chi connectivity index (χ3v) is 7.63. The molecule has 0 saturated heterocycles. The highest BCUT2D eigenvalue weighted by Crippen LogP contribution is 2.40. The van der Waals surface area contributed by atoms with E-state index >= 15 is 0 Å². The fraction of sp³-hybridized carbons (Fsp3) is 0.241. The number of carbonyl (C=O) groups is 1. The zero-order valence-electron chi connectivity index (χ0n) is 19.6. The monoisotopic (exact) mass is 503 g/mol. The molecule has 0 aliphatic heterocycles. The van der Waals surface area contributed by atoms with Crippen LogP contribution in [0.15, 0.2) is 65.7 Å². The average molecular weight is 504 g/mol. The summed E-state index contributed by atoms with van der Waals surface area (Å²) >= 11 is 7.63. The second-order valence-electron chi connectivity index (χ2n) is 8.48. The molecule has 4 nitrogen and oxygen atoms in total. The van der Waals surface area contributed by atoms with Crippen LogP contribution in [-0.2, 0) is 24.2 Å². The summed E-state index contributed by atoms with van der Waals surface area (Å²) in [6.07, 6.45) is 5.96. The van der Waals surface area contributed by atoms with Crippen molar-refractivity contribution in [3.05, 3.63) is 92.8 Å². The lowest BCUT2D eigenvalue weighted by atomic mass is 9.95. The van der Waals surface area contributed by atoms with Crippen molar-refractivity contribution in [2.24, 2.45) is 4.99 Å². The molecule has 5 rings (SSSR count). The summed E-state index contributed by atoms with van der Waals surface area (Å²) in [5.74, 6) is 0.456. The summed E-state index contributed by atoms with van der Waals surface area (Å²) < 4.78 is 11.6. The van der Waals surface area contributed by atoms with E-state index < -0.39 is 0 Å². The van der Waals surface area contributed by atoms with E-state index in [-0.39, 0.29) is 5.97 Å². The smallest absolute Gasteiger partial charge is 0.341 e. The van der Waals surface area contributed by atoms with E-state index in [4.69, 9.17) is 26.1 Å². The predicted molar refractivity (Wildman–Crippen MR) is 144 cm³/mol. The summed E-state index contributed by atoms with van der Waals surface area (Å²) in [7, 11) is 0. The largest absolute Gasteiger partial charge is 0.488 e. The summed E-state index contributed by atoms with van der Waals surface area (Å²) in [5, 5.41) is 3.56. The molecule has 0 radical (unpaired) electrons. The van der Waals surface area contributed by atoms with Gasteiger partial charge in [-0.05, 0) is 72.7 Å². The van der Waals surface area contributed by atoms with Gasteiger partial charge in [0.05, 0.1) is 12.2 Å². The highest BCUT2D eigenvalue weighted by atomic mass is 35.5. The van der Waals surface area contributed by atoms with Crippen LogP contribution in [0.1, 0.15) is 51.7 Å². The van der Waals surface area contributed by atoms with Gasteiger partial charge in [-0.3, -0.25) is 0 Å². The number of carbonyl (C=O) groups excluding carboxylic acids is 1. The number of aryl methyl sites for hydroxylation is 1. The molecule has 1 aliphatic rings. The molecule has 178 valence electrons. The highest BCUT2D eigenvalue weighted by Gasteiger charge is 2.26. The van der Waals surface area contributed by atoms with Crippen molar-refractivity contribution in [2.75, 3.05) is 6.61 Å². The number of fused-ring (bicyclic) bond motifs is 2. The Hall–Kier alpha value is -3.15. The first kappa shape index (κ1) is 23.6. The maximum absolute atomic E-state index is 12.8. The Balaban J connectivity index is 1.53. The van der Waals surface area contributed by atoms with Gasteiger partial charge in [0.25, 0.3) is 0 Å². The number of hydrogen-bond acceptors (Lipinski definition) is 5. The number of rotatable bonds is 7. The Morgan fingerprint density at radius 1 is 1.06 bits per heavy atom. The number of nitrogens with zero attached hydrogens (tertiary/aromatic N) is 1. The van der Waals surface area contributed by atoms with Crippen molar-refractivity contribution in [3.63, 3.8) is 0 Å². The minimum Gasteiger partial charge on any atom is -0.488 e. The van der Waals surface area contributed by atoms with E-state index in [0.717, 1.165) is 58.9 Å². The summed E-state index contributed by atoms with van der Waals surface area (Å²) in [4.78, 5) is 19.0. The summed E-state index contributed by atoms with van der Waals surface area (Å²) in [6.45, 7) is 2.59. The van der Waals surface area contributed by atoms with Crippen LogP contribution in [0.3, 0.4) is 0 Å². The van der Waals surface area contributed by atoms with Gasteiger partial charge < -0.3 is 9.47 Å².